The smallest absolute Gasteiger partial charge is 0.247 e. The van der Waals surface area contributed by atoms with E-state index in [1.165, 1.54) is 12.3 Å². The third kappa shape index (κ3) is 2.64. The van der Waals surface area contributed by atoms with Crippen LogP contribution in [-0.2, 0) is 10.0 Å². The Kier molecular flexibility index (Phi) is 4.17. The molecule has 1 aromatic rings. The second-order valence-corrected chi connectivity index (χ2v) is 7.59. The maximum atomic E-state index is 12.8. The lowest BCUT2D eigenvalue weighted by atomic mass is 10.2. The van der Waals surface area contributed by atoms with Gasteiger partial charge in [0.1, 0.15) is 10.7 Å². The van der Waals surface area contributed by atoms with E-state index in [0.717, 1.165) is 19.3 Å². The normalized spacial score (nSPS) is 24.8. The van der Waals surface area contributed by atoms with Gasteiger partial charge in [0.2, 0.25) is 10.0 Å². The molecule has 1 saturated heterocycles. The molecule has 19 heavy (non-hydrogen) atoms. The molecule has 5 nitrogen and oxygen atoms in total. The molecule has 2 heterocycles. The van der Waals surface area contributed by atoms with Gasteiger partial charge in [-0.2, -0.15) is 4.31 Å². The van der Waals surface area contributed by atoms with Crippen LogP contribution in [0.5, 0.6) is 0 Å². The summed E-state index contributed by atoms with van der Waals surface area (Å²) in [5.41, 5.74) is 5.74. The van der Waals surface area contributed by atoms with Gasteiger partial charge in [0.05, 0.1) is 0 Å². The molecule has 2 rings (SSSR count). The molecule has 0 spiro atoms. The largest absolute Gasteiger partial charge is 0.383 e. The molecule has 106 valence electrons. The molecule has 0 aliphatic carbocycles. The molecule has 2 atom stereocenters. The fourth-order valence-electron chi connectivity index (χ4n) is 2.62. The predicted molar refractivity (Wildman–Crippen MR) is 78.1 cm³/mol. The van der Waals surface area contributed by atoms with Crippen LogP contribution in [-0.4, -0.2) is 29.8 Å². The Morgan fingerprint density at radius 1 is 1.53 bits per heavy atom. The Morgan fingerprint density at radius 2 is 2.21 bits per heavy atom. The van der Waals surface area contributed by atoms with E-state index in [1.807, 2.05) is 13.8 Å². The Morgan fingerprint density at radius 3 is 2.84 bits per heavy atom. The average molecular weight is 348 g/mol. The third-order valence-electron chi connectivity index (χ3n) is 3.59. The van der Waals surface area contributed by atoms with Crippen molar-refractivity contribution in [2.24, 2.45) is 0 Å². The number of pyridine rings is 1. The Hall–Kier alpha value is -0.660. The number of hydrogen-bond acceptors (Lipinski definition) is 4. The number of hydrogen-bond donors (Lipinski definition) is 1. The molecule has 1 aromatic heterocycles. The maximum absolute atomic E-state index is 12.8. The minimum atomic E-state index is -3.59. The van der Waals surface area contributed by atoms with Crippen LogP contribution in [0, 0.1) is 0 Å². The fraction of sp³-hybridized carbons (Fsp3) is 0.583. The van der Waals surface area contributed by atoms with Gasteiger partial charge in [-0.05, 0) is 48.2 Å². The fourth-order valence-corrected chi connectivity index (χ4v) is 5.15. The summed E-state index contributed by atoms with van der Waals surface area (Å²) in [4.78, 5) is 4.01. The summed E-state index contributed by atoms with van der Waals surface area (Å²) in [5, 5.41) is 0. The van der Waals surface area contributed by atoms with E-state index in [9.17, 15) is 8.42 Å². The van der Waals surface area contributed by atoms with Gasteiger partial charge >= 0.3 is 0 Å². The van der Waals surface area contributed by atoms with Crippen molar-refractivity contribution in [1.29, 1.82) is 0 Å². The van der Waals surface area contributed by atoms with Gasteiger partial charge in [-0.15, -0.1) is 0 Å². The summed E-state index contributed by atoms with van der Waals surface area (Å²) in [6.45, 7) is 3.95. The zero-order valence-corrected chi connectivity index (χ0v) is 13.4. The van der Waals surface area contributed by atoms with Crippen LogP contribution in [0.15, 0.2) is 21.6 Å². The minimum absolute atomic E-state index is 0.00771. The lowest BCUT2D eigenvalue weighted by Gasteiger charge is -2.27. The van der Waals surface area contributed by atoms with Crippen molar-refractivity contribution in [1.82, 2.24) is 9.29 Å². The first kappa shape index (κ1) is 14.7. The summed E-state index contributed by atoms with van der Waals surface area (Å²) >= 11 is 3.24. The van der Waals surface area contributed by atoms with E-state index in [-0.39, 0.29) is 22.8 Å². The van der Waals surface area contributed by atoms with Gasteiger partial charge in [-0.25, -0.2) is 13.4 Å². The number of halogens is 1. The lowest BCUT2D eigenvalue weighted by Crippen LogP contribution is -2.40. The van der Waals surface area contributed by atoms with E-state index >= 15 is 0 Å². The van der Waals surface area contributed by atoms with Gasteiger partial charge in [0.25, 0.3) is 0 Å². The van der Waals surface area contributed by atoms with Gasteiger partial charge in [-0.1, -0.05) is 6.92 Å². The molecular weight excluding hydrogens is 330 g/mol. The second-order valence-electron chi connectivity index (χ2n) is 4.86. The number of anilines is 1. The molecule has 0 radical (unpaired) electrons. The molecule has 0 aromatic carbocycles. The van der Waals surface area contributed by atoms with Crippen molar-refractivity contribution in [3.8, 4) is 0 Å². The summed E-state index contributed by atoms with van der Waals surface area (Å²) in [6, 6.07) is 1.59. The summed E-state index contributed by atoms with van der Waals surface area (Å²) in [6.07, 6.45) is 4.10. The first-order valence-corrected chi connectivity index (χ1v) is 8.55. The number of nitrogens with zero attached hydrogens (tertiary/aromatic N) is 2. The van der Waals surface area contributed by atoms with E-state index in [1.54, 1.807) is 4.31 Å². The van der Waals surface area contributed by atoms with Crippen LogP contribution in [0.1, 0.15) is 33.1 Å². The third-order valence-corrected chi connectivity index (χ3v) is 6.12. The number of nitrogens with two attached hydrogens (primary N) is 1. The number of rotatable bonds is 3. The highest BCUT2D eigenvalue weighted by atomic mass is 79.9. The van der Waals surface area contributed by atoms with E-state index in [2.05, 4.69) is 20.9 Å². The van der Waals surface area contributed by atoms with Crippen LogP contribution in [0.4, 0.5) is 5.82 Å². The summed E-state index contributed by atoms with van der Waals surface area (Å²) in [5.74, 6) is 0.0529. The van der Waals surface area contributed by atoms with Crippen molar-refractivity contribution in [2.45, 2.75) is 50.1 Å². The highest BCUT2D eigenvalue weighted by Gasteiger charge is 2.40. The van der Waals surface area contributed by atoms with E-state index in [4.69, 9.17) is 5.73 Å². The zero-order chi connectivity index (χ0) is 14.2. The molecule has 0 bridgehead atoms. The van der Waals surface area contributed by atoms with Crippen molar-refractivity contribution < 1.29 is 8.42 Å². The minimum Gasteiger partial charge on any atom is -0.383 e. The number of aromatic nitrogens is 1. The Bertz CT molecular complexity index is 576. The molecule has 7 heteroatoms. The topological polar surface area (TPSA) is 76.3 Å². The monoisotopic (exact) mass is 347 g/mol. The number of sulfonamides is 1. The summed E-state index contributed by atoms with van der Waals surface area (Å²) in [7, 11) is -3.59. The molecule has 1 aliphatic rings. The van der Waals surface area contributed by atoms with Crippen molar-refractivity contribution in [2.75, 3.05) is 5.73 Å². The van der Waals surface area contributed by atoms with E-state index in [0.29, 0.717) is 4.47 Å². The quantitative estimate of drug-likeness (QED) is 0.910. The second kappa shape index (κ2) is 5.38. The molecular formula is C12H18BrN3O2S. The van der Waals surface area contributed by atoms with Crippen LogP contribution < -0.4 is 5.73 Å². The Labute approximate surface area is 122 Å². The molecule has 0 amide bonds. The summed E-state index contributed by atoms with van der Waals surface area (Å²) < 4.78 is 27.7. The van der Waals surface area contributed by atoms with E-state index < -0.39 is 10.0 Å². The van der Waals surface area contributed by atoms with Crippen molar-refractivity contribution in [3.63, 3.8) is 0 Å². The molecule has 0 saturated carbocycles. The van der Waals surface area contributed by atoms with Crippen LogP contribution in [0.2, 0.25) is 0 Å². The SMILES string of the molecule is CCC1CCC(C)N1S(=O)(=O)c1cc(Br)cnc1N. The first-order valence-electron chi connectivity index (χ1n) is 6.32. The Balaban J connectivity index is 2.50. The molecule has 1 aliphatic heterocycles. The maximum Gasteiger partial charge on any atom is 0.247 e. The molecule has 2 N–H and O–H groups in total. The van der Waals surface area contributed by atoms with Gasteiger partial charge in [0, 0.05) is 22.8 Å². The van der Waals surface area contributed by atoms with Crippen LogP contribution in [0.3, 0.4) is 0 Å². The zero-order valence-electron chi connectivity index (χ0n) is 11.0. The van der Waals surface area contributed by atoms with Gasteiger partial charge in [0.15, 0.2) is 0 Å². The highest BCUT2D eigenvalue weighted by Crippen LogP contribution is 2.34. The lowest BCUT2D eigenvalue weighted by molar-refractivity contribution is 0.329. The van der Waals surface area contributed by atoms with Gasteiger partial charge in [-0.3, -0.25) is 0 Å². The molecule has 2 unspecified atom stereocenters. The first-order chi connectivity index (χ1) is 8.87. The van der Waals surface area contributed by atoms with Crippen LogP contribution in [0.25, 0.3) is 0 Å². The van der Waals surface area contributed by atoms with Crippen molar-refractivity contribution in [3.05, 3.63) is 16.7 Å². The van der Waals surface area contributed by atoms with Crippen molar-refractivity contribution >= 4 is 31.8 Å². The number of nitrogen functional groups attached to an aromatic ring is 1. The standard InChI is InChI=1S/C12H18BrN3O2S/c1-3-10-5-4-8(2)16(10)19(17,18)11-6-9(13)7-15-12(11)14/h6-8,10H,3-5H2,1-2H3,(H2,14,15). The predicted octanol–water partition coefficient (Wildman–Crippen LogP) is 2.38. The van der Waals surface area contributed by atoms with Gasteiger partial charge < -0.3 is 5.73 Å². The average Bonchev–Trinajstić information content (AvgIpc) is 2.74. The molecule has 1 fully saturated rings. The van der Waals surface area contributed by atoms with Crippen LogP contribution >= 0.6 is 15.9 Å². The highest BCUT2D eigenvalue weighted by molar-refractivity contribution is 9.10.